The van der Waals surface area contributed by atoms with Crippen LogP contribution in [0.3, 0.4) is 0 Å². The molecular formula is C16H21NO4. The molecule has 1 amide bonds. The van der Waals surface area contributed by atoms with Gasteiger partial charge in [-0.3, -0.25) is 9.59 Å². The molecule has 0 unspecified atom stereocenters. The Morgan fingerprint density at radius 3 is 2.38 bits per heavy atom. The fraction of sp³-hybridized carbons (Fsp3) is 0.500. The number of benzene rings is 1. The van der Waals surface area contributed by atoms with Crippen LogP contribution in [0, 0.1) is 0 Å². The van der Waals surface area contributed by atoms with Crippen LogP contribution < -0.4 is 4.74 Å². The standard InChI is InChI=1S/C16H21NO4/c1-21-14-8-6-12(7-9-14)10-15(18)17(11-16(19)20)13-4-2-3-5-13/h6-9,13H,2-5,10-11H2,1H3,(H,19,20). The van der Waals surface area contributed by atoms with E-state index in [-0.39, 0.29) is 24.9 Å². The first kappa shape index (κ1) is 15.4. The first-order chi connectivity index (χ1) is 10.1. The second-order valence-electron chi connectivity index (χ2n) is 5.38. The highest BCUT2D eigenvalue weighted by Crippen LogP contribution is 2.24. The Morgan fingerprint density at radius 1 is 1.24 bits per heavy atom. The summed E-state index contributed by atoms with van der Waals surface area (Å²) in [4.78, 5) is 24.9. The van der Waals surface area contributed by atoms with Gasteiger partial charge in [0.2, 0.25) is 5.91 Å². The Morgan fingerprint density at radius 2 is 1.86 bits per heavy atom. The quantitative estimate of drug-likeness (QED) is 0.871. The third-order valence-electron chi connectivity index (χ3n) is 3.91. The lowest BCUT2D eigenvalue weighted by atomic mass is 10.1. The fourth-order valence-electron chi connectivity index (χ4n) is 2.80. The maximum Gasteiger partial charge on any atom is 0.323 e. The van der Waals surface area contributed by atoms with Crippen LogP contribution in [-0.2, 0) is 16.0 Å². The summed E-state index contributed by atoms with van der Waals surface area (Å²) in [5, 5.41) is 9.02. The third kappa shape index (κ3) is 4.21. The summed E-state index contributed by atoms with van der Waals surface area (Å²) < 4.78 is 5.08. The van der Waals surface area contributed by atoms with Crippen LogP contribution in [0.15, 0.2) is 24.3 Å². The highest BCUT2D eigenvalue weighted by atomic mass is 16.5. The number of rotatable bonds is 6. The second-order valence-corrected chi connectivity index (χ2v) is 5.38. The molecular weight excluding hydrogens is 270 g/mol. The minimum atomic E-state index is -0.954. The molecule has 0 aliphatic heterocycles. The molecule has 1 N–H and O–H groups in total. The summed E-state index contributed by atoms with van der Waals surface area (Å²) in [6.07, 6.45) is 4.17. The molecule has 0 saturated heterocycles. The Bertz CT molecular complexity index is 492. The Balaban J connectivity index is 2.04. The van der Waals surface area contributed by atoms with E-state index in [4.69, 9.17) is 9.84 Å². The van der Waals surface area contributed by atoms with E-state index < -0.39 is 5.97 Å². The van der Waals surface area contributed by atoms with Crippen molar-refractivity contribution in [2.45, 2.75) is 38.1 Å². The normalized spacial score (nSPS) is 14.9. The van der Waals surface area contributed by atoms with Gasteiger partial charge in [0.15, 0.2) is 0 Å². The van der Waals surface area contributed by atoms with Crippen LogP contribution in [0.1, 0.15) is 31.2 Å². The monoisotopic (exact) mass is 291 g/mol. The Kier molecular flexibility index (Phi) is 5.20. The van der Waals surface area contributed by atoms with E-state index in [9.17, 15) is 9.59 Å². The lowest BCUT2D eigenvalue weighted by Crippen LogP contribution is -2.43. The highest BCUT2D eigenvalue weighted by molar-refractivity contribution is 5.83. The zero-order valence-corrected chi connectivity index (χ0v) is 12.2. The van der Waals surface area contributed by atoms with E-state index in [1.54, 1.807) is 19.2 Å². The van der Waals surface area contributed by atoms with Crippen LogP contribution in [0.5, 0.6) is 5.75 Å². The van der Waals surface area contributed by atoms with Crippen molar-refractivity contribution in [2.75, 3.05) is 13.7 Å². The van der Waals surface area contributed by atoms with E-state index in [0.717, 1.165) is 37.0 Å². The molecule has 0 aromatic heterocycles. The number of carboxylic acid groups (broad SMARTS) is 1. The summed E-state index contributed by atoms with van der Waals surface area (Å²) in [7, 11) is 1.59. The van der Waals surface area contributed by atoms with E-state index >= 15 is 0 Å². The van der Waals surface area contributed by atoms with Crippen LogP contribution in [0.2, 0.25) is 0 Å². The molecule has 1 aliphatic rings. The van der Waals surface area contributed by atoms with Crippen LogP contribution in [-0.4, -0.2) is 41.6 Å². The molecule has 114 valence electrons. The van der Waals surface area contributed by atoms with Crippen molar-refractivity contribution in [3.63, 3.8) is 0 Å². The van der Waals surface area contributed by atoms with Gasteiger partial charge in [-0.2, -0.15) is 0 Å². The molecule has 1 aromatic rings. The fourth-order valence-corrected chi connectivity index (χ4v) is 2.80. The van der Waals surface area contributed by atoms with Gasteiger partial charge in [0, 0.05) is 6.04 Å². The lowest BCUT2D eigenvalue weighted by Gasteiger charge is -2.27. The highest BCUT2D eigenvalue weighted by Gasteiger charge is 2.28. The SMILES string of the molecule is COc1ccc(CC(=O)N(CC(=O)O)C2CCCC2)cc1. The first-order valence-electron chi connectivity index (χ1n) is 7.24. The molecule has 1 saturated carbocycles. The summed E-state index contributed by atoms with van der Waals surface area (Å²) in [5.74, 6) is -0.330. The van der Waals surface area contributed by atoms with Gasteiger partial charge in [-0.05, 0) is 30.5 Å². The zero-order valence-electron chi connectivity index (χ0n) is 12.2. The van der Waals surface area contributed by atoms with Crippen molar-refractivity contribution in [3.05, 3.63) is 29.8 Å². The lowest BCUT2D eigenvalue weighted by molar-refractivity contribution is -0.145. The number of hydrogen-bond acceptors (Lipinski definition) is 3. The molecule has 5 heteroatoms. The Labute approximate surface area is 124 Å². The molecule has 0 bridgehead atoms. The average molecular weight is 291 g/mol. The average Bonchev–Trinajstić information content (AvgIpc) is 2.99. The predicted molar refractivity (Wildman–Crippen MR) is 78.3 cm³/mol. The number of ether oxygens (including phenoxy) is 1. The van der Waals surface area contributed by atoms with Crippen molar-refractivity contribution in [2.24, 2.45) is 0 Å². The first-order valence-corrected chi connectivity index (χ1v) is 7.24. The molecule has 21 heavy (non-hydrogen) atoms. The zero-order chi connectivity index (χ0) is 15.2. The maximum absolute atomic E-state index is 12.4. The van der Waals surface area contributed by atoms with Gasteiger partial charge in [-0.15, -0.1) is 0 Å². The van der Waals surface area contributed by atoms with Gasteiger partial charge in [-0.1, -0.05) is 25.0 Å². The molecule has 1 fully saturated rings. The Hall–Kier alpha value is -2.04. The van der Waals surface area contributed by atoms with Gasteiger partial charge < -0.3 is 14.7 Å². The summed E-state index contributed by atoms with van der Waals surface area (Å²) >= 11 is 0. The number of nitrogens with zero attached hydrogens (tertiary/aromatic N) is 1. The van der Waals surface area contributed by atoms with Crippen molar-refractivity contribution >= 4 is 11.9 Å². The van der Waals surface area contributed by atoms with E-state index in [2.05, 4.69) is 0 Å². The van der Waals surface area contributed by atoms with Crippen LogP contribution in [0.25, 0.3) is 0 Å². The van der Waals surface area contributed by atoms with Crippen LogP contribution in [0.4, 0.5) is 0 Å². The number of amides is 1. The number of carbonyl (C=O) groups excluding carboxylic acids is 1. The molecule has 0 radical (unpaired) electrons. The molecule has 5 nitrogen and oxygen atoms in total. The molecule has 1 aliphatic carbocycles. The number of carboxylic acids is 1. The van der Waals surface area contributed by atoms with E-state index in [1.165, 1.54) is 4.90 Å². The second kappa shape index (κ2) is 7.11. The van der Waals surface area contributed by atoms with E-state index in [1.807, 2.05) is 12.1 Å². The molecule has 0 atom stereocenters. The minimum absolute atomic E-state index is 0.0758. The van der Waals surface area contributed by atoms with E-state index in [0.29, 0.717) is 0 Å². The maximum atomic E-state index is 12.4. The number of aliphatic carboxylic acids is 1. The van der Waals surface area contributed by atoms with Gasteiger partial charge in [-0.25, -0.2) is 0 Å². The van der Waals surface area contributed by atoms with Gasteiger partial charge in [0.25, 0.3) is 0 Å². The molecule has 0 heterocycles. The molecule has 0 spiro atoms. The van der Waals surface area contributed by atoms with Crippen molar-refractivity contribution in [1.82, 2.24) is 4.90 Å². The summed E-state index contributed by atoms with van der Waals surface area (Å²) in [6, 6.07) is 7.36. The number of carbonyl (C=O) groups is 2. The van der Waals surface area contributed by atoms with Gasteiger partial charge in [0.05, 0.1) is 13.5 Å². The summed E-state index contributed by atoms with van der Waals surface area (Å²) in [5.41, 5.74) is 0.870. The number of hydrogen-bond donors (Lipinski definition) is 1. The van der Waals surface area contributed by atoms with Crippen LogP contribution >= 0.6 is 0 Å². The van der Waals surface area contributed by atoms with Crippen molar-refractivity contribution in [1.29, 1.82) is 0 Å². The number of methoxy groups -OCH3 is 1. The van der Waals surface area contributed by atoms with Crippen molar-refractivity contribution < 1.29 is 19.4 Å². The summed E-state index contributed by atoms with van der Waals surface area (Å²) in [6.45, 7) is -0.209. The largest absolute Gasteiger partial charge is 0.497 e. The smallest absolute Gasteiger partial charge is 0.323 e. The third-order valence-corrected chi connectivity index (χ3v) is 3.91. The van der Waals surface area contributed by atoms with Gasteiger partial charge >= 0.3 is 5.97 Å². The molecule has 1 aromatic carbocycles. The topological polar surface area (TPSA) is 66.8 Å². The molecule has 2 rings (SSSR count). The van der Waals surface area contributed by atoms with Crippen molar-refractivity contribution in [3.8, 4) is 5.75 Å². The predicted octanol–water partition coefficient (Wildman–Crippen LogP) is 2.09. The minimum Gasteiger partial charge on any atom is -0.497 e. The van der Waals surface area contributed by atoms with Gasteiger partial charge in [0.1, 0.15) is 12.3 Å².